The Kier molecular flexibility index (Phi) is 5.98. The molecule has 0 N–H and O–H groups in total. The van der Waals surface area contributed by atoms with Crippen molar-refractivity contribution in [3.63, 3.8) is 0 Å². The Labute approximate surface area is 107 Å². The van der Waals surface area contributed by atoms with Crippen LogP contribution >= 0.6 is 0 Å². The molecule has 1 fully saturated rings. The van der Waals surface area contributed by atoms with Crippen LogP contribution in [0.1, 0.15) is 59.3 Å². The summed E-state index contributed by atoms with van der Waals surface area (Å²) in [6.07, 6.45) is 7.23. The maximum Gasteiger partial charge on any atom is 0.0672 e. The minimum absolute atomic E-state index is 0.253. The van der Waals surface area contributed by atoms with Crippen molar-refractivity contribution in [2.45, 2.75) is 71.4 Å². The van der Waals surface area contributed by atoms with Crippen LogP contribution < -0.4 is 0 Å². The van der Waals surface area contributed by atoms with Crippen molar-refractivity contribution in [2.75, 3.05) is 7.05 Å². The third kappa shape index (κ3) is 3.45. The molecule has 0 aromatic carbocycles. The smallest absolute Gasteiger partial charge is 0.0672 e. The highest BCUT2D eigenvalue weighted by atomic mass is 15.2. The summed E-state index contributed by atoms with van der Waals surface area (Å²) in [5, 5.41) is 9.32. The van der Waals surface area contributed by atoms with E-state index in [-0.39, 0.29) is 5.92 Å². The molecule has 1 rings (SSSR count). The number of hydrogen-bond donors (Lipinski definition) is 0. The van der Waals surface area contributed by atoms with Crippen molar-refractivity contribution in [3.8, 4) is 6.07 Å². The first-order chi connectivity index (χ1) is 8.17. The van der Waals surface area contributed by atoms with E-state index in [1.54, 1.807) is 0 Å². The Morgan fingerprint density at radius 2 is 1.88 bits per heavy atom. The van der Waals surface area contributed by atoms with Crippen molar-refractivity contribution in [2.24, 2.45) is 11.8 Å². The van der Waals surface area contributed by atoms with Gasteiger partial charge in [-0.2, -0.15) is 5.26 Å². The lowest BCUT2D eigenvalue weighted by Crippen LogP contribution is -2.46. The fourth-order valence-electron chi connectivity index (χ4n) is 3.34. The Morgan fingerprint density at radius 1 is 1.24 bits per heavy atom. The van der Waals surface area contributed by atoms with Gasteiger partial charge in [0, 0.05) is 12.1 Å². The zero-order valence-electron chi connectivity index (χ0n) is 11.9. The third-order valence-electron chi connectivity index (χ3n) is 4.71. The number of nitriles is 1. The van der Waals surface area contributed by atoms with Crippen LogP contribution in [0.25, 0.3) is 0 Å². The third-order valence-corrected chi connectivity index (χ3v) is 4.71. The number of hydrogen-bond acceptors (Lipinski definition) is 2. The largest absolute Gasteiger partial charge is 0.299 e. The molecular formula is C15H28N2. The molecule has 0 aliphatic heterocycles. The fourth-order valence-corrected chi connectivity index (χ4v) is 3.34. The zero-order chi connectivity index (χ0) is 12.8. The van der Waals surface area contributed by atoms with Crippen LogP contribution in [0.4, 0.5) is 0 Å². The molecular weight excluding hydrogens is 208 g/mol. The molecule has 3 unspecified atom stereocenters. The SMILES string of the molecule is CCC1CCC(C#N)C(N(C)C(CC)CC)C1. The molecule has 0 spiro atoms. The van der Waals surface area contributed by atoms with E-state index in [2.05, 4.69) is 38.8 Å². The molecule has 17 heavy (non-hydrogen) atoms. The second kappa shape index (κ2) is 7.01. The van der Waals surface area contributed by atoms with Gasteiger partial charge in [0.25, 0.3) is 0 Å². The van der Waals surface area contributed by atoms with Gasteiger partial charge in [0.05, 0.1) is 12.0 Å². The molecule has 3 atom stereocenters. The van der Waals surface area contributed by atoms with Crippen LogP contribution in [0.2, 0.25) is 0 Å². The van der Waals surface area contributed by atoms with Gasteiger partial charge in [-0.25, -0.2) is 0 Å². The lowest BCUT2D eigenvalue weighted by molar-refractivity contribution is 0.0820. The Balaban J connectivity index is 2.72. The second-order valence-electron chi connectivity index (χ2n) is 5.53. The van der Waals surface area contributed by atoms with Gasteiger partial charge in [0.2, 0.25) is 0 Å². The number of rotatable bonds is 5. The van der Waals surface area contributed by atoms with E-state index in [9.17, 15) is 5.26 Å². The highest BCUT2D eigenvalue weighted by Crippen LogP contribution is 2.34. The first kappa shape index (κ1) is 14.5. The summed E-state index contributed by atoms with van der Waals surface area (Å²) < 4.78 is 0. The predicted molar refractivity (Wildman–Crippen MR) is 72.7 cm³/mol. The maximum absolute atomic E-state index is 9.32. The summed E-state index contributed by atoms with van der Waals surface area (Å²) >= 11 is 0. The normalized spacial score (nSPS) is 29.6. The summed E-state index contributed by atoms with van der Waals surface area (Å²) in [6.45, 7) is 6.80. The molecule has 0 bridgehead atoms. The molecule has 0 aromatic rings. The lowest BCUT2D eigenvalue weighted by atomic mass is 9.76. The second-order valence-corrected chi connectivity index (χ2v) is 5.53. The van der Waals surface area contributed by atoms with E-state index < -0.39 is 0 Å². The standard InChI is InChI=1S/C15H28N2/c1-5-12-8-9-13(11-16)15(10-12)17(4)14(6-2)7-3/h12-15H,5-10H2,1-4H3. The van der Waals surface area contributed by atoms with Crippen LogP contribution in [0.5, 0.6) is 0 Å². The van der Waals surface area contributed by atoms with Gasteiger partial charge in [0.15, 0.2) is 0 Å². The number of nitrogens with zero attached hydrogens (tertiary/aromatic N) is 2. The van der Waals surface area contributed by atoms with Crippen molar-refractivity contribution >= 4 is 0 Å². The first-order valence-corrected chi connectivity index (χ1v) is 7.29. The summed E-state index contributed by atoms with van der Waals surface area (Å²) in [4.78, 5) is 2.50. The average molecular weight is 236 g/mol. The molecule has 2 heteroatoms. The van der Waals surface area contributed by atoms with Gasteiger partial charge in [-0.15, -0.1) is 0 Å². The molecule has 2 nitrogen and oxygen atoms in total. The highest BCUT2D eigenvalue weighted by molar-refractivity contribution is 4.97. The zero-order valence-corrected chi connectivity index (χ0v) is 11.9. The average Bonchev–Trinajstić information content (AvgIpc) is 2.39. The molecule has 0 radical (unpaired) electrons. The Hall–Kier alpha value is -0.550. The molecule has 0 heterocycles. The van der Waals surface area contributed by atoms with E-state index in [4.69, 9.17) is 0 Å². The highest BCUT2D eigenvalue weighted by Gasteiger charge is 2.34. The quantitative estimate of drug-likeness (QED) is 0.725. The minimum Gasteiger partial charge on any atom is -0.299 e. The van der Waals surface area contributed by atoms with Gasteiger partial charge in [0.1, 0.15) is 0 Å². The lowest BCUT2D eigenvalue weighted by Gasteiger charge is -2.41. The summed E-state index contributed by atoms with van der Waals surface area (Å²) in [7, 11) is 2.23. The predicted octanol–water partition coefficient (Wildman–Crippen LogP) is 3.83. The van der Waals surface area contributed by atoms with E-state index in [0.29, 0.717) is 12.1 Å². The van der Waals surface area contributed by atoms with Crippen LogP contribution in [0.3, 0.4) is 0 Å². The molecule has 0 saturated heterocycles. The minimum atomic E-state index is 0.253. The Bertz CT molecular complexity index is 252. The summed E-state index contributed by atoms with van der Waals surface area (Å²) in [6, 6.07) is 3.68. The monoisotopic (exact) mass is 236 g/mol. The van der Waals surface area contributed by atoms with Crippen molar-refractivity contribution < 1.29 is 0 Å². The molecule has 98 valence electrons. The fraction of sp³-hybridized carbons (Fsp3) is 0.933. The first-order valence-electron chi connectivity index (χ1n) is 7.29. The molecule has 1 aliphatic rings. The van der Waals surface area contributed by atoms with E-state index in [0.717, 1.165) is 12.3 Å². The van der Waals surface area contributed by atoms with Crippen LogP contribution in [-0.2, 0) is 0 Å². The summed E-state index contributed by atoms with van der Waals surface area (Å²) in [5.41, 5.74) is 0. The van der Waals surface area contributed by atoms with Crippen LogP contribution in [-0.4, -0.2) is 24.0 Å². The van der Waals surface area contributed by atoms with Crippen molar-refractivity contribution in [1.29, 1.82) is 5.26 Å². The Morgan fingerprint density at radius 3 is 2.35 bits per heavy atom. The van der Waals surface area contributed by atoms with E-state index in [1.165, 1.54) is 32.1 Å². The maximum atomic E-state index is 9.32. The summed E-state index contributed by atoms with van der Waals surface area (Å²) in [5.74, 6) is 1.09. The van der Waals surface area contributed by atoms with Gasteiger partial charge in [-0.1, -0.05) is 27.2 Å². The van der Waals surface area contributed by atoms with Gasteiger partial charge in [-0.3, -0.25) is 4.90 Å². The van der Waals surface area contributed by atoms with Gasteiger partial charge < -0.3 is 0 Å². The van der Waals surface area contributed by atoms with Crippen molar-refractivity contribution in [3.05, 3.63) is 0 Å². The van der Waals surface area contributed by atoms with Gasteiger partial charge in [-0.05, 0) is 45.1 Å². The van der Waals surface area contributed by atoms with Gasteiger partial charge >= 0.3 is 0 Å². The topological polar surface area (TPSA) is 27.0 Å². The molecule has 1 saturated carbocycles. The molecule has 0 amide bonds. The molecule has 1 aliphatic carbocycles. The van der Waals surface area contributed by atoms with E-state index >= 15 is 0 Å². The molecule has 0 aromatic heterocycles. The van der Waals surface area contributed by atoms with Crippen LogP contribution in [0.15, 0.2) is 0 Å². The van der Waals surface area contributed by atoms with Crippen molar-refractivity contribution in [1.82, 2.24) is 4.90 Å². The van der Waals surface area contributed by atoms with Crippen LogP contribution in [0, 0.1) is 23.2 Å². The van der Waals surface area contributed by atoms with E-state index in [1.807, 2.05) is 0 Å².